The lowest BCUT2D eigenvalue weighted by Gasteiger charge is -2.39. The lowest BCUT2D eigenvalue weighted by molar-refractivity contribution is -0.141. The molecule has 4 rings (SSSR count). The number of aryl methyl sites for hydroxylation is 1. The first-order valence-electron chi connectivity index (χ1n) is 10.9. The predicted octanol–water partition coefficient (Wildman–Crippen LogP) is -0.154. The van der Waals surface area contributed by atoms with Crippen molar-refractivity contribution in [2.75, 3.05) is 33.7 Å². The van der Waals surface area contributed by atoms with Crippen molar-refractivity contribution < 1.29 is 33.9 Å². The maximum absolute atomic E-state index is 12.6. The number of nitrogens with one attached hydrogen (secondary N) is 1. The molecule has 1 aromatic rings. The van der Waals surface area contributed by atoms with E-state index in [9.17, 15) is 24.5 Å². The summed E-state index contributed by atoms with van der Waals surface area (Å²) in [4.78, 5) is 39.7. The topological polar surface area (TPSA) is 129 Å². The number of carboxylic acid groups (broad SMARTS) is 1. The van der Waals surface area contributed by atoms with Gasteiger partial charge in [-0.2, -0.15) is 0 Å². The second-order valence-corrected chi connectivity index (χ2v) is 8.88. The van der Waals surface area contributed by atoms with Gasteiger partial charge in [-0.05, 0) is 43.3 Å². The Hall–Kier alpha value is -2.79. The molecule has 0 saturated carbocycles. The van der Waals surface area contributed by atoms with E-state index in [1.807, 2.05) is 0 Å². The third-order valence-electron chi connectivity index (χ3n) is 6.25. The summed E-state index contributed by atoms with van der Waals surface area (Å²) in [5.74, 6) is -0.727. The Balaban J connectivity index is 1.31. The van der Waals surface area contributed by atoms with Gasteiger partial charge in [0, 0.05) is 20.5 Å². The standard InChI is InChI=1S/C21H28BN3O7/c1-24(2)20(27)15-7-12(9-23-15)8-17(26)25-10-14(11-25)31-16-4-3-13-5-6-22(30)32-19(13)18(16)21(28)29/h3-4,12,14-15,23,30H,5-11H2,1-2H3,(H,28,29). The van der Waals surface area contributed by atoms with E-state index in [4.69, 9.17) is 9.39 Å². The van der Waals surface area contributed by atoms with Gasteiger partial charge in [0.1, 0.15) is 23.2 Å². The van der Waals surface area contributed by atoms with Crippen molar-refractivity contribution in [1.29, 1.82) is 0 Å². The highest BCUT2D eigenvalue weighted by atomic mass is 16.5. The lowest BCUT2D eigenvalue weighted by Crippen LogP contribution is -2.56. The van der Waals surface area contributed by atoms with Crippen LogP contribution in [0, 0.1) is 5.92 Å². The minimum absolute atomic E-state index is 0.00459. The molecule has 2 amide bonds. The number of carboxylic acids is 1. The third-order valence-corrected chi connectivity index (χ3v) is 6.25. The smallest absolute Gasteiger partial charge is 0.522 e. The van der Waals surface area contributed by atoms with E-state index in [-0.39, 0.29) is 46.9 Å². The first kappa shape index (κ1) is 22.4. The van der Waals surface area contributed by atoms with Crippen molar-refractivity contribution in [3.05, 3.63) is 23.3 Å². The summed E-state index contributed by atoms with van der Waals surface area (Å²) in [6.45, 7) is 1.38. The number of likely N-dealkylation sites (tertiary alicyclic amines) is 1. The number of nitrogens with zero attached hydrogens (tertiary/aromatic N) is 2. The Morgan fingerprint density at radius 3 is 2.75 bits per heavy atom. The molecule has 10 nitrogen and oxygen atoms in total. The number of rotatable bonds is 6. The van der Waals surface area contributed by atoms with Gasteiger partial charge >= 0.3 is 13.1 Å². The van der Waals surface area contributed by atoms with Crippen LogP contribution in [-0.2, 0) is 16.0 Å². The van der Waals surface area contributed by atoms with Crippen LogP contribution in [0.25, 0.3) is 0 Å². The normalized spacial score (nSPS) is 22.6. The fourth-order valence-electron chi connectivity index (χ4n) is 4.45. The molecular formula is C21H28BN3O7. The summed E-state index contributed by atoms with van der Waals surface area (Å²) in [6, 6.07) is 3.12. The molecule has 2 unspecified atom stereocenters. The van der Waals surface area contributed by atoms with Crippen molar-refractivity contribution >= 4 is 24.9 Å². The highest BCUT2D eigenvalue weighted by Crippen LogP contribution is 2.37. The molecule has 0 aromatic heterocycles. The van der Waals surface area contributed by atoms with Crippen LogP contribution in [-0.4, -0.2) is 90.7 Å². The zero-order valence-corrected chi connectivity index (χ0v) is 18.2. The van der Waals surface area contributed by atoms with E-state index in [0.29, 0.717) is 45.2 Å². The second kappa shape index (κ2) is 8.99. The molecule has 0 bridgehead atoms. The molecule has 1 aromatic carbocycles. The van der Waals surface area contributed by atoms with E-state index in [1.54, 1.807) is 36.0 Å². The number of likely N-dealkylation sites (N-methyl/N-ethyl adjacent to an activating group) is 1. The lowest BCUT2D eigenvalue weighted by atomic mass is 9.78. The molecule has 0 aliphatic carbocycles. The monoisotopic (exact) mass is 445 g/mol. The average Bonchev–Trinajstić information content (AvgIpc) is 3.16. The molecule has 11 heteroatoms. The van der Waals surface area contributed by atoms with Gasteiger partial charge < -0.3 is 34.6 Å². The van der Waals surface area contributed by atoms with Crippen LogP contribution < -0.4 is 14.7 Å². The van der Waals surface area contributed by atoms with Crippen LogP contribution in [0.15, 0.2) is 12.1 Å². The van der Waals surface area contributed by atoms with Crippen molar-refractivity contribution in [3.63, 3.8) is 0 Å². The van der Waals surface area contributed by atoms with Crippen LogP contribution in [0.1, 0.15) is 28.8 Å². The molecule has 0 radical (unpaired) electrons. The number of fused-ring (bicyclic) bond motifs is 1. The summed E-state index contributed by atoms with van der Waals surface area (Å²) in [5, 5.41) is 22.6. The fraction of sp³-hybridized carbons (Fsp3) is 0.571. The average molecular weight is 445 g/mol. The van der Waals surface area contributed by atoms with Gasteiger partial charge in [0.2, 0.25) is 11.8 Å². The minimum atomic E-state index is -1.19. The molecule has 2 atom stereocenters. The van der Waals surface area contributed by atoms with E-state index >= 15 is 0 Å². The predicted molar refractivity (Wildman–Crippen MR) is 115 cm³/mol. The Labute approximate surface area is 186 Å². The van der Waals surface area contributed by atoms with Crippen LogP contribution in [0.3, 0.4) is 0 Å². The van der Waals surface area contributed by atoms with Gasteiger partial charge in [0.05, 0.1) is 19.1 Å². The summed E-state index contributed by atoms with van der Waals surface area (Å²) in [5.41, 5.74) is 0.626. The van der Waals surface area contributed by atoms with Crippen molar-refractivity contribution in [3.8, 4) is 11.5 Å². The van der Waals surface area contributed by atoms with E-state index in [0.717, 1.165) is 5.56 Å². The van der Waals surface area contributed by atoms with Crippen LogP contribution in [0.2, 0.25) is 6.32 Å². The summed E-state index contributed by atoms with van der Waals surface area (Å²) in [6.07, 6.45) is 1.63. The molecule has 2 fully saturated rings. The van der Waals surface area contributed by atoms with Crippen molar-refractivity contribution in [2.24, 2.45) is 5.92 Å². The molecule has 3 N–H and O–H groups in total. The molecule has 3 heterocycles. The highest BCUT2D eigenvalue weighted by Gasteiger charge is 2.38. The Morgan fingerprint density at radius 2 is 2.06 bits per heavy atom. The van der Waals surface area contributed by atoms with Crippen LogP contribution in [0.5, 0.6) is 11.5 Å². The van der Waals surface area contributed by atoms with Gasteiger partial charge in [-0.1, -0.05) is 6.07 Å². The molecule has 3 aliphatic rings. The van der Waals surface area contributed by atoms with E-state index < -0.39 is 13.1 Å². The summed E-state index contributed by atoms with van der Waals surface area (Å²) >= 11 is 0. The largest absolute Gasteiger partial charge is 0.535 e. The number of aromatic carboxylic acids is 1. The number of amides is 2. The van der Waals surface area contributed by atoms with Crippen molar-refractivity contribution in [2.45, 2.75) is 37.7 Å². The number of ether oxygens (including phenoxy) is 1. The van der Waals surface area contributed by atoms with Gasteiger partial charge in [-0.3, -0.25) is 9.59 Å². The molecule has 2 saturated heterocycles. The highest BCUT2D eigenvalue weighted by molar-refractivity contribution is 6.44. The van der Waals surface area contributed by atoms with Crippen LogP contribution >= 0.6 is 0 Å². The van der Waals surface area contributed by atoms with Crippen molar-refractivity contribution in [1.82, 2.24) is 15.1 Å². The maximum Gasteiger partial charge on any atom is 0.522 e. The first-order chi connectivity index (χ1) is 15.2. The Bertz CT molecular complexity index is 919. The van der Waals surface area contributed by atoms with Gasteiger partial charge in [-0.25, -0.2) is 4.79 Å². The fourth-order valence-corrected chi connectivity index (χ4v) is 4.45. The Kier molecular flexibility index (Phi) is 6.30. The molecule has 32 heavy (non-hydrogen) atoms. The number of carbonyl (C=O) groups is 3. The zero-order valence-electron chi connectivity index (χ0n) is 18.2. The maximum atomic E-state index is 12.6. The van der Waals surface area contributed by atoms with Crippen LogP contribution in [0.4, 0.5) is 0 Å². The zero-order chi connectivity index (χ0) is 23.0. The van der Waals surface area contributed by atoms with Gasteiger partial charge in [0.25, 0.3) is 0 Å². The van der Waals surface area contributed by atoms with E-state index in [1.165, 1.54) is 0 Å². The molecular weight excluding hydrogens is 417 g/mol. The third kappa shape index (κ3) is 4.54. The second-order valence-electron chi connectivity index (χ2n) is 8.88. The first-order valence-corrected chi connectivity index (χ1v) is 10.9. The number of carbonyl (C=O) groups excluding carboxylic acids is 2. The molecule has 0 spiro atoms. The quantitative estimate of drug-likeness (QED) is 0.516. The Morgan fingerprint density at radius 1 is 1.31 bits per heavy atom. The molecule has 172 valence electrons. The van der Waals surface area contributed by atoms with Gasteiger partial charge in [-0.15, -0.1) is 0 Å². The summed E-state index contributed by atoms with van der Waals surface area (Å²) < 4.78 is 11.2. The number of benzene rings is 1. The van der Waals surface area contributed by atoms with E-state index in [2.05, 4.69) is 5.32 Å². The molecule has 3 aliphatic heterocycles. The van der Waals surface area contributed by atoms with Gasteiger partial charge in [0.15, 0.2) is 0 Å². The number of hydrogen-bond acceptors (Lipinski definition) is 7. The summed E-state index contributed by atoms with van der Waals surface area (Å²) in [7, 11) is 2.40. The minimum Gasteiger partial charge on any atom is -0.535 e. The number of hydrogen-bond donors (Lipinski definition) is 3. The SMILES string of the molecule is CN(C)C(=O)C1CC(CC(=O)N2CC(Oc3ccc4c(c3C(=O)O)OB(O)CC4)C2)CN1.